The molecular formula is C12H15N5O. The summed E-state index contributed by atoms with van der Waals surface area (Å²) in [6.45, 7) is 2.08. The molecule has 6 nitrogen and oxygen atoms in total. The number of hydrogen-bond acceptors (Lipinski definition) is 4. The molecule has 0 spiro atoms. The molecule has 0 aliphatic rings. The van der Waals surface area contributed by atoms with Gasteiger partial charge in [-0.15, -0.1) is 0 Å². The zero-order valence-corrected chi connectivity index (χ0v) is 10.1. The molecule has 0 saturated heterocycles. The normalized spacial score (nSPS) is 12.1. The van der Waals surface area contributed by atoms with E-state index in [0.717, 1.165) is 5.56 Å². The summed E-state index contributed by atoms with van der Waals surface area (Å²) in [6, 6.07) is 3.68. The molecule has 3 N–H and O–H groups in total. The molecule has 1 unspecified atom stereocenters. The minimum absolute atomic E-state index is 0.0617. The van der Waals surface area contributed by atoms with Crippen LogP contribution in [-0.4, -0.2) is 20.7 Å². The predicted octanol–water partition coefficient (Wildman–Crippen LogP) is 0.738. The van der Waals surface area contributed by atoms with Gasteiger partial charge in [-0.1, -0.05) is 0 Å². The van der Waals surface area contributed by atoms with Crippen LogP contribution in [0.5, 0.6) is 0 Å². The first-order valence-corrected chi connectivity index (χ1v) is 5.62. The zero-order valence-electron chi connectivity index (χ0n) is 10.1. The molecule has 2 aromatic heterocycles. The fourth-order valence-corrected chi connectivity index (χ4v) is 1.64. The van der Waals surface area contributed by atoms with E-state index in [4.69, 9.17) is 5.73 Å². The highest BCUT2D eigenvalue weighted by molar-refractivity contribution is 5.76. The van der Waals surface area contributed by atoms with Crippen LogP contribution in [-0.2, 0) is 11.3 Å². The Morgan fingerprint density at radius 2 is 2.22 bits per heavy atom. The fourth-order valence-electron chi connectivity index (χ4n) is 1.64. The lowest BCUT2D eigenvalue weighted by atomic mass is 10.1. The Hall–Kier alpha value is -2.37. The van der Waals surface area contributed by atoms with Gasteiger partial charge in [0.25, 0.3) is 0 Å². The van der Waals surface area contributed by atoms with Gasteiger partial charge in [0.2, 0.25) is 5.91 Å². The Balaban J connectivity index is 1.92. The molecule has 2 aromatic rings. The van der Waals surface area contributed by atoms with Crippen LogP contribution in [0, 0.1) is 0 Å². The number of amides is 1. The highest BCUT2D eigenvalue weighted by Gasteiger charge is 2.10. The van der Waals surface area contributed by atoms with E-state index in [1.165, 1.54) is 10.9 Å². The number of anilines is 1. The quantitative estimate of drug-likeness (QED) is 0.831. The fraction of sp³-hybridized carbons (Fsp3) is 0.250. The second-order valence-corrected chi connectivity index (χ2v) is 4.04. The van der Waals surface area contributed by atoms with Crippen LogP contribution in [0.2, 0.25) is 0 Å². The van der Waals surface area contributed by atoms with Crippen LogP contribution in [0.4, 0.5) is 5.69 Å². The van der Waals surface area contributed by atoms with Gasteiger partial charge >= 0.3 is 0 Å². The molecule has 0 saturated carbocycles. The number of nitrogens with one attached hydrogen (secondary N) is 1. The van der Waals surface area contributed by atoms with Crippen LogP contribution in [0.25, 0.3) is 0 Å². The third kappa shape index (κ3) is 3.07. The van der Waals surface area contributed by atoms with Gasteiger partial charge < -0.3 is 11.1 Å². The van der Waals surface area contributed by atoms with E-state index < -0.39 is 0 Å². The number of nitrogens with two attached hydrogens (primary N) is 1. The molecule has 6 heteroatoms. The largest absolute Gasteiger partial charge is 0.396 e. The minimum Gasteiger partial charge on any atom is -0.396 e. The minimum atomic E-state index is -0.109. The Kier molecular flexibility index (Phi) is 3.57. The highest BCUT2D eigenvalue weighted by atomic mass is 16.2. The van der Waals surface area contributed by atoms with Crippen molar-refractivity contribution in [2.75, 3.05) is 5.73 Å². The van der Waals surface area contributed by atoms with Crippen molar-refractivity contribution in [3.63, 3.8) is 0 Å². The number of rotatable bonds is 4. The Bertz CT molecular complexity index is 522. The molecule has 18 heavy (non-hydrogen) atoms. The second-order valence-electron chi connectivity index (χ2n) is 4.04. The summed E-state index contributed by atoms with van der Waals surface area (Å²) in [6.07, 6.45) is 6.54. The smallest absolute Gasteiger partial charge is 0.242 e. The molecule has 2 rings (SSSR count). The summed E-state index contributed by atoms with van der Waals surface area (Å²) in [5.74, 6) is -0.109. The molecule has 2 heterocycles. The van der Waals surface area contributed by atoms with Gasteiger partial charge in [-0.05, 0) is 24.6 Å². The number of nitrogens with zero attached hydrogens (tertiary/aromatic N) is 3. The number of pyridine rings is 1. The molecule has 0 aliphatic carbocycles. The van der Waals surface area contributed by atoms with Crippen LogP contribution < -0.4 is 11.1 Å². The van der Waals surface area contributed by atoms with Crippen molar-refractivity contribution in [2.24, 2.45) is 0 Å². The van der Waals surface area contributed by atoms with E-state index in [2.05, 4.69) is 15.4 Å². The maximum absolute atomic E-state index is 11.8. The van der Waals surface area contributed by atoms with E-state index in [9.17, 15) is 4.79 Å². The lowest BCUT2D eigenvalue weighted by Gasteiger charge is -2.13. The molecular weight excluding hydrogens is 230 g/mol. The van der Waals surface area contributed by atoms with Crippen molar-refractivity contribution in [1.29, 1.82) is 0 Å². The molecule has 0 radical (unpaired) electrons. The average molecular weight is 245 g/mol. The first kappa shape index (κ1) is 12.1. The van der Waals surface area contributed by atoms with E-state index in [0.29, 0.717) is 5.69 Å². The van der Waals surface area contributed by atoms with Gasteiger partial charge in [0.1, 0.15) is 6.54 Å². The Labute approximate surface area is 105 Å². The summed E-state index contributed by atoms with van der Waals surface area (Å²) in [4.78, 5) is 15.7. The number of nitrogen functional groups attached to an aromatic ring is 1. The van der Waals surface area contributed by atoms with Crippen molar-refractivity contribution in [1.82, 2.24) is 20.1 Å². The average Bonchev–Trinajstić information content (AvgIpc) is 2.75. The summed E-state index contributed by atoms with van der Waals surface area (Å²) < 4.78 is 1.50. The summed E-state index contributed by atoms with van der Waals surface area (Å²) in [5.41, 5.74) is 7.08. The molecule has 1 atom stereocenters. The van der Waals surface area contributed by atoms with E-state index in [-0.39, 0.29) is 18.5 Å². The number of hydrogen-bond donors (Lipinski definition) is 2. The van der Waals surface area contributed by atoms with E-state index in [1.54, 1.807) is 18.6 Å². The zero-order chi connectivity index (χ0) is 13.0. The maximum atomic E-state index is 11.8. The molecule has 0 bridgehead atoms. The molecule has 1 amide bonds. The first-order chi connectivity index (χ1) is 8.65. The van der Waals surface area contributed by atoms with Crippen molar-refractivity contribution in [2.45, 2.75) is 19.5 Å². The second kappa shape index (κ2) is 5.31. The van der Waals surface area contributed by atoms with Gasteiger partial charge in [-0.25, -0.2) is 0 Å². The SMILES string of the molecule is CC(NC(=O)Cn1cc(N)cn1)c1ccncc1. The highest BCUT2D eigenvalue weighted by Crippen LogP contribution is 2.09. The monoisotopic (exact) mass is 245 g/mol. The van der Waals surface area contributed by atoms with Crippen molar-refractivity contribution >= 4 is 11.6 Å². The third-order valence-corrected chi connectivity index (χ3v) is 2.54. The number of carbonyl (C=O) groups excluding carboxylic acids is 1. The third-order valence-electron chi connectivity index (χ3n) is 2.54. The summed E-state index contributed by atoms with van der Waals surface area (Å²) in [7, 11) is 0. The predicted molar refractivity (Wildman–Crippen MR) is 67.4 cm³/mol. The Morgan fingerprint density at radius 3 is 2.83 bits per heavy atom. The van der Waals surface area contributed by atoms with E-state index in [1.807, 2.05) is 19.1 Å². The molecule has 0 fully saturated rings. The van der Waals surface area contributed by atoms with Crippen molar-refractivity contribution in [3.05, 3.63) is 42.5 Å². The lowest BCUT2D eigenvalue weighted by Crippen LogP contribution is -2.30. The number of carbonyl (C=O) groups is 1. The van der Waals surface area contributed by atoms with Crippen LogP contribution in [0.15, 0.2) is 36.9 Å². The Morgan fingerprint density at radius 1 is 1.50 bits per heavy atom. The van der Waals surface area contributed by atoms with Gasteiger partial charge in [0, 0.05) is 18.6 Å². The van der Waals surface area contributed by atoms with Gasteiger partial charge in [0.05, 0.1) is 17.9 Å². The van der Waals surface area contributed by atoms with Crippen LogP contribution in [0.3, 0.4) is 0 Å². The molecule has 0 aromatic carbocycles. The van der Waals surface area contributed by atoms with Gasteiger partial charge in [0.15, 0.2) is 0 Å². The van der Waals surface area contributed by atoms with Crippen LogP contribution in [0.1, 0.15) is 18.5 Å². The van der Waals surface area contributed by atoms with Gasteiger partial charge in [-0.3, -0.25) is 14.5 Å². The van der Waals surface area contributed by atoms with Crippen molar-refractivity contribution in [3.8, 4) is 0 Å². The maximum Gasteiger partial charge on any atom is 0.242 e. The first-order valence-electron chi connectivity index (χ1n) is 5.62. The molecule has 0 aliphatic heterocycles. The summed E-state index contributed by atoms with van der Waals surface area (Å²) >= 11 is 0. The number of aromatic nitrogens is 3. The lowest BCUT2D eigenvalue weighted by molar-refractivity contribution is -0.122. The van der Waals surface area contributed by atoms with Crippen LogP contribution >= 0.6 is 0 Å². The topological polar surface area (TPSA) is 85.8 Å². The molecule has 94 valence electrons. The van der Waals surface area contributed by atoms with E-state index >= 15 is 0 Å². The standard InChI is InChI=1S/C12H15N5O/c1-9(10-2-4-14-5-3-10)16-12(18)8-17-7-11(13)6-15-17/h2-7,9H,8,13H2,1H3,(H,16,18). The summed E-state index contributed by atoms with van der Waals surface area (Å²) in [5, 5.41) is 6.84. The van der Waals surface area contributed by atoms with Gasteiger partial charge in [-0.2, -0.15) is 5.10 Å². The van der Waals surface area contributed by atoms with Crippen molar-refractivity contribution < 1.29 is 4.79 Å².